The fourth-order valence-electron chi connectivity index (χ4n) is 1.71. The van der Waals surface area contributed by atoms with Crippen molar-refractivity contribution in [2.75, 3.05) is 10.6 Å². The van der Waals surface area contributed by atoms with Crippen LogP contribution in [-0.2, 0) is 9.59 Å². The predicted octanol–water partition coefficient (Wildman–Crippen LogP) is 2.74. The van der Waals surface area contributed by atoms with Crippen LogP contribution < -0.4 is 16.4 Å². The second-order valence-electron chi connectivity index (χ2n) is 5.46. The first-order valence-electron chi connectivity index (χ1n) is 7.41. The molecule has 0 fully saturated rings. The third-order valence-corrected chi connectivity index (χ3v) is 3.15. The highest BCUT2D eigenvalue weighted by Crippen LogP contribution is 2.15. The van der Waals surface area contributed by atoms with Gasteiger partial charge in [-0.2, -0.15) is 0 Å². The lowest BCUT2D eigenvalue weighted by Gasteiger charge is -2.12. The maximum absolute atomic E-state index is 11.9. The van der Waals surface area contributed by atoms with Gasteiger partial charge >= 0.3 is 0 Å². The molecule has 0 unspecified atom stereocenters. The largest absolute Gasteiger partial charge is 0.326 e. The maximum Gasteiger partial charge on any atom is 0.241 e. The molecule has 0 aliphatic heterocycles. The average Bonchev–Trinajstić information content (AvgIpc) is 2.46. The van der Waals surface area contributed by atoms with Gasteiger partial charge < -0.3 is 16.4 Å². The highest BCUT2D eigenvalue weighted by Gasteiger charge is 2.13. The molecule has 1 aromatic rings. The molecule has 21 heavy (non-hydrogen) atoms. The summed E-state index contributed by atoms with van der Waals surface area (Å²) in [5.41, 5.74) is 7.20. The maximum atomic E-state index is 11.9. The normalized spacial score (nSPS) is 12.0. The molecule has 5 nitrogen and oxygen atoms in total. The van der Waals surface area contributed by atoms with Gasteiger partial charge in [0.25, 0.3) is 0 Å². The van der Waals surface area contributed by atoms with Crippen LogP contribution in [0.1, 0.15) is 40.0 Å². The molecule has 0 radical (unpaired) electrons. The van der Waals surface area contributed by atoms with E-state index in [1.165, 1.54) is 0 Å². The topological polar surface area (TPSA) is 84.2 Å². The molecule has 0 aliphatic rings. The number of carbonyl (C=O) groups excluding carboxylic acids is 2. The molecule has 0 bridgehead atoms. The Bertz CT molecular complexity index is 469. The van der Waals surface area contributed by atoms with Crippen LogP contribution >= 0.6 is 0 Å². The van der Waals surface area contributed by atoms with E-state index in [1.54, 1.807) is 24.3 Å². The molecule has 0 heterocycles. The summed E-state index contributed by atoms with van der Waals surface area (Å²) in [6.07, 6.45) is 2.64. The van der Waals surface area contributed by atoms with E-state index in [0.717, 1.165) is 12.8 Å². The number of hydrogen-bond acceptors (Lipinski definition) is 3. The molecular formula is C16H25N3O2. The molecule has 1 rings (SSSR count). The summed E-state index contributed by atoms with van der Waals surface area (Å²) in [5.74, 6) is -0.281. The molecule has 0 aliphatic carbocycles. The summed E-state index contributed by atoms with van der Waals surface area (Å²) in [4.78, 5) is 23.4. The standard InChI is InChI=1S/C16H25N3O2/c1-4-5-6-14(17)16(21)19-13-9-7-12(8-10-13)18-15(20)11(2)3/h7-11,14H,4-6,17H2,1-3H3,(H,18,20)(H,19,21)/t14-/m0/s1. The van der Waals surface area contributed by atoms with Crippen LogP contribution in [0.3, 0.4) is 0 Å². The summed E-state index contributed by atoms with van der Waals surface area (Å²) >= 11 is 0. The highest BCUT2D eigenvalue weighted by atomic mass is 16.2. The van der Waals surface area contributed by atoms with Crippen molar-refractivity contribution >= 4 is 23.2 Å². The summed E-state index contributed by atoms with van der Waals surface area (Å²) in [7, 11) is 0. The summed E-state index contributed by atoms with van der Waals surface area (Å²) in [6, 6.07) is 6.53. The van der Waals surface area contributed by atoms with Crippen molar-refractivity contribution < 1.29 is 9.59 Å². The van der Waals surface area contributed by atoms with Gasteiger partial charge in [0.15, 0.2) is 0 Å². The zero-order valence-electron chi connectivity index (χ0n) is 13.0. The Kier molecular flexibility index (Phi) is 6.88. The lowest BCUT2D eigenvalue weighted by atomic mass is 10.1. The van der Waals surface area contributed by atoms with Gasteiger partial charge in [-0.25, -0.2) is 0 Å². The summed E-state index contributed by atoms with van der Waals surface area (Å²) in [5, 5.41) is 5.57. The van der Waals surface area contributed by atoms with Crippen molar-refractivity contribution in [1.29, 1.82) is 0 Å². The van der Waals surface area contributed by atoms with Crippen LogP contribution in [0.4, 0.5) is 11.4 Å². The number of nitrogens with two attached hydrogens (primary N) is 1. The Labute approximate surface area is 126 Å². The Balaban J connectivity index is 2.54. The monoisotopic (exact) mass is 291 g/mol. The van der Waals surface area contributed by atoms with Crippen LogP contribution in [-0.4, -0.2) is 17.9 Å². The minimum Gasteiger partial charge on any atom is -0.326 e. The first-order chi connectivity index (χ1) is 9.93. The Morgan fingerprint density at radius 3 is 1.95 bits per heavy atom. The minimum atomic E-state index is -0.481. The number of amides is 2. The zero-order chi connectivity index (χ0) is 15.8. The number of hydrogen-bond donors (Lipinski definition) is 3. The zero-order valence-corrected chi connectivity index (χ0v) is 13.0. The second kappa shape index (κ2) is 8.42. The lowest BCUT2D eigenvalue weighted by Crippen LogP contribution is -2.35. The van der Waals surface area contributed by atoms with Crippen LogP contribution in [0, 0.1) is 5.92 Å². The van der Waals surface area contributed by atoms with Gasteiger partial charge in [-0.05, 0) is 30.7 Å². The number of nitrogens with one attached hydrogen (secondary N) is 2. The van der Waals surface area contributed by atoms with Gasteiger partial charge in [-0.1, -0.05) is 33.6 Å². The number of benzene rings is 1. The summed E-state index contributed by atoms with van der Waals surface area (Å²) in [6.45, 7) is 5.73. The first-order valence-corrected chi connectivity index (χ1v) is 7.41. The van der Waals surface area contributed by atoms with Crippen molar-refractivity contribution in [1.82, 2.24) is 0 Å². The highest BCUT2D eigenvalue weighted by molar-refractivity contribution is 5.95. The molecule has 0 saturated heterocycles. The van der Waals surface area contributed by atoms with Gasteiger partial charge in [-0.15, -0.1) is 0 Å². The molecule has 1 aromatic carbocycles. The second-order valence-corrected chi connectivity index (χ2v) is 5.46. The Morgan fingerprint density at radius 1 is 1.05 bits per heavy atom. The molecule has 1 atom stereocenters. The smallest absolute Gasteiger partial charge is 0.241 e. The average molecular weight is 291 g/mol. The fourth-order valence-corrected chi connectivity index (χ4v) is 1.71. The molecule has 0 spiro atoms. The van der Waals surface area contributed by atoms with E-state index >= 15 is 0 Å². The third-order valence-electron chi connectivity index (χ3n) is 3.15. The van der Waals surface area contributed by atoms with Gasteiger partial charge in [0, 0.05) is 17.3 Å². The molecule has 4 N–H and O–H groups in total. The molecular weight excluding hydrogens is 266 g/mol. The molecule has 2 amide bonds. The van der Waals surface area contributed by atoms with Crippen molar-refractivity contribution in [3.8, 4) is 0 Å². The summed E-state index contributed by atoms with van der Waals surface area (Å²) < 4.78 is 0. The van der Waals surface area contributed by atoms with E-state index in [2.05, 4.69) is 17.6 Å². The van der Waals surface area contributed by atoms with Crippen LogP contribution in [0.15, 0.2) is 24.3 Å². The number of carbonyl (C=O) groups is 2. The Hall–Kier alpha value is -1.88. The van der Waals surface area contributed by atoms with Gasteiger partial charge in [0.05, 0.1) is 6.04 Å². The van der Waals surface area contributed by atoms with Crippen LogP contribution in [0.25, 0.3) is 0 Å². The molecule has 116 valence electrons. The fraction of sp³-hybridized carbons (Fsp3) is 0.500. The van der Waals surface area contributed by atoms with Crippen LogP contribution in [0.2, 0.25) is 0 Å². The van der Waals surface area contributed by atoms with Gasteiger partial charge in [0.2, 0.25) is 11.8 Å². The quantitative estimate of drug-likeness (QED) is 0.722. The van der Waals surface area contributed by atoms with Gasteiger partial charge in [0.1, 0.15) is 0 Å². The van der Waals surface area contributed by atoms with E-state index in [4.69, 9.17) is 5.73 Å². The SMILES string of the molecule is CCCC[C@H](N)C(=O)Nc1ccc(NC(=O)C(C)C)cc1. The van der Waals surface area contributed by atoms with E-state index in [9.17, 15) is 9.59 Å². The number of anilines is 2. The minimum absolute atomic E-state index is 0.0339. The Morgan fingerprint density at radius 2 is 1.52 bits per heavy atom. The van der Waals surface area contributed by atoms with Crippen LogP contribution in [0.5, 0.6) is 0 Å². The van der Waals surface area contributed by atoms with Crippen molar-refractivity contribution in [3.63, 3.8) is 0 Å². The number of unbranched alkanes of at least 4 members (excludes halogenated alkanes) is 1. The van der Waals surface area contributed by atoms with E-state index in [1.807, 2.05) is 13.8 Å². The van der Waals surface area contributed by atoms with Crippen molar-refractivity contribution in [2.45, 2.75) is 46.1 Å². The first kappa shape index (κ1) is 17.2. The number of rotatable bonds is 7. The third kappa shape index (κ3) is 5.95. The molecule has 0 aromatic heterocycles. The molecule has 0 saturated carbocycles. The predicted molar refractivity (Wildman–Crippen MR) is 86.0 cm³/mol. The van der Waals surface area contributed by atoms with E-state index in [-0.39, 0.29) is 17.7 Å². The van der Waals surface area contributed by atoms with Gasteiger partial charge in [-0.3, -0.25) is 9.59 Å². The van der Waals surface area contributed by atoms with Crippen molar-refractivity contribution in [3.05, 3.63) is 24.3 Å². The van der Waals surface area contributed by atoms with E-state index in [0.29, 0.717) is 17.8 Å². The molecule has 5 heteroatoms. The van der Waals surface area contributed by atoms with Crippen molar-refractivity contribution in [2.24, 2.45) is 11.7 Å². The van der Waals surface area contributed by atoms with E-state index < -0.39 is 6.04 Å². The lowest BCUT2D eigenvalue weighted by molar-refractivity contribution is -0.119.